The summed E-state index contributed by atoms with van der Waals surface area (Å²) < 4.78 is 65.1. The van der Waals surface area contributed by atoms with Gasteiger partial charge in [-0.15, -0.1) is 5.10 Å². The van der Waals surface area contributed by atoms with Crippen LogP contribution >= 0.6 is 0 Å². The van der Waals surface area contributed by atoms with Crippen LogP contribution in [0.2, 0.25) is 0 Å². The number of carbonyl (C=O) groups is 1. The molecule has 11 nitrogen and oxygen atoms in total. The minimum atomic E-state index is -4.81. The highest BCUT2D eigenvalue weighted by atomic mass is 19.4. The molecule has 3 aromatic heterocycles. The zero-order valence-electron chi connectivity index (χ0n) is 19.6. The van der Waals surface area contributed by atoms with Crippen molar-refractivity contribution in [3.8, 4) is 17.4 Å². The van der Waals surface area contributed by atoms with E-state index in [0.29, 0.717) is 22.1 Å². The number of amides is 1. The van der Waals surface area contributed by atoms with Crippen LogP contribution in [0.1, 0.15) is 34.5 Å². The summed E-state index contributed by atoms with van der Waals surface area (Å²) in [6.07, 6.45) is -4.81. The molecule has 0 spiro atoms. The topological polar surface area (TPSA) is 133 Å². The van der Waals surface area contributed by atoms with E-state index in [1.54, 1.807) is 20.8 Å². The van der Waals surface area contributed by atoms with Crippen molar-refractivity contribution in [1.82, 2.24) is 24.3 Å². The minimum absolute atomic E-state index is 0.0695. The first kappa shape index (κ1) is 26.6. The van der Waals surface area contributed by atoms with E-state index >= 15 is 4.39 Å². The maximum atomic E-state index is 15.1. The van der Waals surface area contributed by atoms with Gasteiger partial charge in [-0.05, 0) is 26.8 Å². The van der Waals surface area contributed by atoms with E-state index in [1.807, 2.05) is 0 Å². The van der Waals surface area contributed by atoms with Crippen LogP contribution in [-0.2, 0) is 13.2 Å². The maximum Gasteiger partial charge on any atom is 0.422 e. The third kappa shape index (κ3) is 5.45. The molecule has 15 heteroatoms. The number of rotatable bonds is 8. The second kappa shape index (κ2) is 10.3. The van der Waals surface area contributed by atoms with E-state index in [1.165, 1.54) is 13.2 Å². The van der Waals surface area contributed by atoms with Crippen LogP contribution in [-0.4, -0.2) is 55.2 Å². The summed E-state index contributed by atoms with van der Waals surface area (Å²) in [6.45, 7) is 2.37. The number of aromatic nitrogens is 5. The fourth-order valence-electron chi connectivity index (χ4n) is 3.33. The molecule has 2 N–H and O–H groups in total. The number of hydrogen-bond donors (Lipinski definition) is 2. The number of methoxy groups -OCH3 is 1. The van der Waals surface area contributed by atoms with Gasteiger partial charge in [0.25, 0.3) is 5.91 Å². The van der Waals surface area contributed by atoms with Crippen LogP contribution in [0.15, 0.2) is 16.9 Å². The lowest BCUT2D eigenvalue weighted by molar-refractivity contribution is -0.154. The van der Waals surface area contributed by atoms with Gasteiger partial charge in [-0.3, -0.25) is 14.3 Å². The number of anilines is 1. The third-order valence-corrected chi connectivity index (χ3v) is 4.89. The highest BCUT2D eigenvalue weighted by molar-refractivity contribution is 6.07. The number of aliphatic hydroxyl groups excluding tert-OH is 1. The molecule has 0 saturated heterocycles. The Hall–Kier alpha value is -4.01. The molecule has 0 unspecified atom stereocenters. The molecular weight excluding hydrogens is 492 g/mol. The van der Waals surface area contributed by atoms with Gasteiger partial charge in [0.05, 0.1) is 12.8 Å². The lowest BCUT2D eigenvalue weighted by atomic mass is 10.2. The summed E-state index contributed by atoms with van der Waals surface area (Å²) in [4.78, 5) is 33.4. The predicted molar refractivity (Wildman–Crippen MR) is 117 cm³/mol. The van der Waals surface area contributed by atoms with Crippen LogP contribution in [0.25, 0.3) is 5.82 Å². The fraction of sp³-hybridized carbons (Fsp3) is 0.381. The Morgan fingerprint density at radius 3 is 2.47 bits per heavy atom. The quantitative estimate of drug-likeness (QED) is 0.438. The van der Waals surface area contributed by atoms with E-state index in [2.05, 4.69) is 20.4 Å². The Morgan fingerprint density at radius 1 is 1.22 bits per heavy atom. The predicted octanol–water partition coefficient (Wildman–Crippen LogP) is 2.29. The number of pyridine rings is 2. The fourth-order valence-corrected chi connectivity index (χ4v) is 3.33. The smallest absolute Gasteiger partial charge is 0.422 e. The highest BCUT2D eigenvalue weighted by Gasteiger charge is 2.31. The molecule has 3 aromatic rings. The number of halogens is 4. The molecule has 0 aliphatic carbocycles. The molecule has 0 bridgehead atoms. The number of nitrogens with zero attached hydrogens (tertiary/aromatic N) is 5. The number of ether oxygens (including phenoxy) is 2. The normalized spacial score (nSPS) is 11.5. The van der Waals surface area contributed by atoms with Gasteiger partial charge in [-0.25, -0.2) is 9.18 Å². The summed E-state index contributed by atoms with van der Waals surface area (Å²) in [6, 6.07) is 2.09. The molecule has 1 amide bonds. The van der Waals surface area contributed by atoms with Crippen LogP contribution in [0.3, 0.4) is 0 Å². The van der Waals surface area contributed by atoms with E-state index in [0.717, 1.165) is 4.57 Å². The lowest BCUT2D eigenvalue weighted by Gasteiger charge is -2.16. The SMILES string of the molecule is CCn1c(CO)nn(-c2nc(OCC(F)(F)F)c(C(=O)Nc3c(OC)cc(C)nc3C)cc2F)c1=O. The van der Waals surface area contributed by atoms with Crippen LogP contribution in [0.5, 0.6) is 11.6 Å². The standard InChI is InChI=1S/C21H22F4N6O5/c1-5-30-15(8-32)29-31(20(30)34)17-13(22)7-12(19(28-17)36-9-21(23,24)25)18(33)27-16-11(3)26-10(2)6-14(16)35-4/h6-7,32H,5,8-9H2,1-4H3,(H,27,33). The summed E-state index contributed by atoms with van der Waals surface area (Å²) in [7, 11) is 1.34. The lowest BCUT2D eigenvalue weighted by Crippen LogP contribution is -2.27. The van der Waals surface area contributed by atoms with Crippen molar-refractivity contribution in [3.63, 3.8) is 0 Å². The number of aryl methyl sites for hydroxylation is 2. The Bertz CT molecular complexity index is 1350. The summed E-state index contributed by atoms with van der Waals surface area (Å²) in [5.41, 5.74) is -0.584. The number of nitrogens with one attached hydrogen (secondary N) is 1. The number of aliphatic hydroxyl groups is 1. The van der Waals surface area contributed by atoms with Crippen molar-refractivity contribution in [1.29, 1.82) is 0 Å². The Labute approximate surface area is 201 Å². The number of hydrogen-bond acceptors (Lipinski definition) is 8. The van der Waals surface area contributed by atoms with Crippen molar-refractivity contribution >= 4 is 11.6 Å². The van der Waals surface area contributed by atoms with Gasteiger partial charge in [0.2, 0.25) is 5.88 Å². The van der Waals surface area contributed by atoms with Crippen molar-refractivity contribution in [2.75, 3.05) is 19.0 Å². The van der Waals surface area contributed by atoms with Gasteiger partial charge >= 0.3 is 11.9 Å². The van der Waals surface area contributed by atoms with Crippen molar-refractivity contribution < 1.29 is 36.9 Å². The third-order valence-electron chi connectivity index (χ3n) is 4.89. The Balaban J connectivity index is 2.12. The largest absolute Gasteiger partial charge is 0.494 e. The van der Waals surface area contributed by atoms with Gasteiger partial charge in [0, 0.05) is 18.3 Å². The number of alkyl halides is 3. The molecule has 0 aromatic carbocycles. The summed E-state index contributed by atoms with van der Waals surface area (Å²) >= 11 is 0. The Morgan fingerprint density at radius 2 is 1.92 bits per heavy atom. The zero-order chi connectivity index (χ0) is 26.8. The van der Waals surface area contributed by atoms with Crippen LogP contribution in [0.4, 0.5) is 23.2 Å². The average Bonchev–Trinajstić information content (AvgIpc) is 3.13. The van der Waals surface area contributed by atoms with Gasteiger partial charge in [0.1, 0.15) is 23.6 Å². The zero-order valence-corrected chi connectivity index (χ0v) is 19.6. The molecule has 194 valence electrons. The second-order valence-electron chi connectivity index (χ2n) is 7.44. The second-order valence-corrected chi connectivity index (χ2v) is 7.44. The van der Waals surface area contributed by atoms with Crippen LogP contribution in [0, 0.1) is 19.7 Å². The summed E-state index contributed by atoms with van der Waals surface area (Å²) in [5.74, 6) is -3.96. The molecule has 0 fully saturated rings. The van der Waals surface area contributed by atoms with E-state index in [9.17, 15) is 27.9 Å². The molecular formula is C21H22F4N6O5. The van der Waals surface area contributed by atoms with E-state index in [-0.39, 0.29) is 23.8 Å². The molecule has 0 aliphatic heterocycles. The first-order chi connectivity index (χ1) is 16.9. The molecule has 3 heterocycles. The first-order valence-electron chi connectivity index (χ1n) is 10.4. The minimum Gasteiger partial charge on any atom is -0.494 e. The van der Waals surface area contributed by atoms with Crippen molar-refractivity contribution in [2.45, 2.75) is 40.1 Å². The molecule has 0 saturated carbocycles. The van der Waals surface area contributed by atoms with Gasteiger partial charge in [0.15, 0.2) is 24.1 Å². The number of carbonyl (C=O) groups excluding carboxylic acids is 1. The van der Waals surface area contributed by atoms with Crippen molar-refractivity contribution in [3.05, 3.63) is 51.2 Å². The average molecular weight is 514 g/mol. The van der Waals surface area contributed by atoms with Gasteiger partial charge < -0.3 is 19.9 Å². The molecule has 0 radical (unpaired) electrons. The Kier molecular flexibility index (Phi) is 7.62. The monoisotopic (exact) mass is 514 g/mol. The molecule has 36 heavy (non-hydrogen) atoms. The summed E-state index contributed by atoms with van der Waals surface area (Å²) in [5, 5.41) is 15.6. The highest BCUT2D eigenvalue weighted by Crippen LogP contribution is 2.30. The van der Waals surface area contributed by atoms with Crippen molar-refractivity contribution in [2.24, 2.45) is 0 Å². The molecule has 0 atom stereocenters. The molecule has 3 rings (SSSR count). The van der Waals surface area contributed by atoms with E-state index < -0.39 is 54.1 Å². The first-order valence-corrected chi connectivity index (χ1v) is 10.4. The van der Waals surface area contributed by atoms with Crippen LogP contribution < -0.4 is 20.5 Å². The van der Waals surface area contributed by atoms with E-state index in [4.69, 9.17) is 9.47 Å². The maximum absolute atomic E-state index is 15.1. The van der Waals surface area contributed by atoms with Gasteiger partial charge in [-0.2, -0.15) is 22.8 Å². The van der Waals surface area contributed by atoms with Gasteiger partial charge in [-0.1, -0.05) is 0 Å². The molecule has 0 aliphatic rings.